The van der Waals surface area contributed by atoms with Crippen molar-refractivity contribution in [2.75, 3.05) is 12.4 Å². The summed E-state index contributed by atoms with van der Waals surface area (Å²) >= 11 is 0. The largest absolute Gasteiger partial charge is 0.373 e. The summed E-state index contributed by atoms with van der Waals surface area (Å²) in [7, 11) is 3.75. The van der Waals surface area contributed by atoms with Gasteiger partial charge in [-0.1, -0.05) is 43.3 Å². The van der Waals surface area contributed by atoms with Gasteiger partial charge in [-0.3, -0.25) is 4.68 Å². The average molecular weight is 294 g/mol. The Bertz CT molecular complexity index is 689. The number of benzene rings is 1. The van der Waals surface area contributed by atoms with Crippen LogP contribution in [0.15, 0.2) is 60.9 Å². The van der Waals surface area contributed by atoms with Crippen molar-refractivity contribution >= 4 is 5.82 Å². The van der Waals surface area contributed by atoms with Crippen molar-refractivity contribution in [3.63, 3.8) is 0 Å². The first-order valence-electron chi connectivity index (χ1n) is 7.40. The van der Waals surface area contributed by atoms with E-state index in [1.54, 1.807) is 4.68 Å². The van der Waals surface area contributed by atoms with Gasteiger partial charge in [0.15, 0.2) is 0 Å². The van der Waals surface area contributed by atoms with Gasteiger partial charge >= 0.3 is 0 Å². The Morgan fingerprint density at radius 1 is 1.05 bits per heavy atom. The molecule has 0 atom stereocenters. The van der Waals surface area contributed by atoms with E-state index in [2.05, 4.69) is 46.6 Å². The Labute approximate surface area is 131 Å². The van der Waals surface area contributed by atoms with E-state index in [1.807, 2.05) is 50.8 Å². The Morgan fingerprint density at radius 3 is 2.36 bits per heavy atom. The fourth-order valence-corrected chi connectivity index (χ4v) is 2.00. The lowest BCUT2D eigenvalue weighted by atomic mass is 10.2. The van der Waals surface area contributed by atoms with Gasteiger partial charge in [-0.25, -0.2) is 4.98 Å². The van der Waals surface area contributed by atoms with Crippen molar-refractivity contribution in [2.45, 2.75) is 13.3 Å². The van der Waals surface area contributed by atoms with Crippen LogP contribution in [-0.2, 0) is 13.5 Å². The molecule has 2 heterocycles. The number of rotatable bonds is 3. The Hall–Kier alpha value is -2.62. The second-order valence-electron chi connectivity index (χ2n) is 4.90. The number of hydrogen-bond donors (Lipinski definition) is 1. The molecule has 2 aromatic heterocycles. The summed E-state index contributed by atoms with van der Waals surface area (Å²) in [5, 5.41) is 7.11. The number of pyridine rings is 1. The van der Waals surface area contributed by atoms with Crippen LogP contribution < -0.4 is 5.32 Å². The molecule has 0 saturated heterocycles. The van der Waals surface area contributed by atoms with Gasteiger partial charge in [0.2, 0.25) is 0 Å². The minimum atomic E-state index is 0.867. The van der Waals surface area contributed by atoms with Gasteiger partial charge in [0, 0.05) is 25.9 Å². The lowest BCUT2D eigenvalue weighted by molar-refractivity contribution is 0.768. The quantitative estimate of drug-likeness (QED) is 0.799. The molecule has 4 heteroatoms. The van der Waals surface area contributed by atoms with E-state index in [0.29, 0.717) is 0 Å². The minimum Gasteiger partial charge on any atom is -0.373 e. The summed E-state index contributed by atoms with van der Waals surface area (Å²) in [6.07, 6.45) is 4.89. The van der Waals surface area contributed by atoms with Crippen molar-refractivity contribution in [3.8, 4) is 11.3 Å². The van der Waals surface area contributed by atoms with Gasteiger partial charge in [-0.15, -0.1) is 0 Å². The van der Waals surface area contributed by atoms with Crippen LogP contribution in [0.5, 0.6) is 0 Å². The summed E-state index contributed by atoms with van der Waals surface area (Å²) in [6, 6.07) is 16.3. The Balaban J connectivity index is 0.000000188. The molecule has 0 aliphatic carbocycles. The van der Waals surface area contributed by atoms with E-state index in [0.717, 1.165) is 23.5 Å². The lowest BCUT2D eigenvalue weighted by Gasteiger charge is -2.00. The first-order chi connectivity index (χ1) is 10.7. The van der Waals surface area contributed by atoms with Gasteiger partial charge in [-0.05, 0) is 24.1 Å². The molecular formula is C18H22N4. The SMILES string of the molecule is CCc1ccccc1.CNc1cccc(-c2cnn(C)c2)n1. The summed E-state index contributed by atoms with van der Waals surface area (Å²) in [5.74, 6) is 0.867. The number of anilines is 1. The standard InChI is InChI=1S/C10H12N4.C8H10/c1-11-10-5-3-4-9(13-10)8-6-12-14(2)7-8;1-2-8-6-4-3-5-7-8/h3-7H,1-2H3,(H,11,13);3-7H,2H2,1H3. The van der Waals surface area contributed by atoms with Crippen LogP contribution in [-0.4, -0.2) is 21.8 Å². The summed E-state index contributed by atoms with van der Waals surface area (Å²) in [5.41, 5.74) is 3.38. The zero-order valence-electron chi connectivity index (χ0n) is 13.3. The van der Waals surface area contributed by atoms with Crippen LogP contribution in [0.4, 0.5) is 5.82 Å². The zero-order valence-corrected chi connectivity index (χ0v) is 13.3. The van der Waals surface area contributed by atoms with E-state index in [4.69, 9.17) is 0 Å². The van der Waals surface area contributed by atoms with E-state index in [1.165, 1.54) is 5.56 Å². The fourth-order valence-electron chi connectivity index (χ4n) is 2.00. The molecule has 0 radical (unpaired) electrons. The molecule has 0 saturated carbocycles. The first kappa shape index (κ1) is 15.8. The maximum atomic E-state index is 4.41. The number of aromatic nitrogens is 3. The molecule has 22 heavy (non-hydrogen) atoms. The van der Waals surface area contributed by atoms with Crippen molar-refractivity contribution in [1.29, 1.82) is 0 Å². The molecule has 0 spiro atoms. The monoisotopic (exact) mass is 294 g/mol. The zero-order chi connectivity index (χ0) is 15.8. The fraction of sp³-hybridized carbons (Fsp3) is 0.222. The van der Waals surface area contributed by atoms with Crippen molar-refractivity contribution < 1.29 is 0 Å². The molecule has 0 aliphatic heterocycles. The number of aryl methyl sites for hydroxylation is 2. The van der Waals surface area contributed by atoms with Crippen LogP contribution in [0, 0.1) is 0 Å². The molecule has 3 aromatic rings. The molecular weight excluding hydrogens is 272 g/mol. The van der Waals surface area contributed by atoms with E-state index in [9.17, 15) is 0 Å². The average Bonchev–Trinajstić information content (AvgIpc) is 3.03. The maximum Gasteiger partial charge on any atom is 0.126 e. The van der Waals surface area contributed by atoms with Crippen molar-refractivity contribution in [1.82, 2.24) is 14.8 Å². The van der Waals surface area contributed by atoms with Gasteiger partial charge in [-0.2, -0.15) is 5.10 Å². The maximum absolute atomic E-state index is 4.41. The molecule has 1 N–H and O–H groups in total. The molecule has 0 fully saturated rings. The predicted molar refractivity (Wildman–Crippen MR) is 91.8 cm³/mol. The Kier molecular flexibility index (Phi) is 5.72. The summed E-state index contributed by atoms with van der Waals surface area (Å²) in [6.45, 7) is 2.16. The minimum absolute atomic E-state index is 0.867. The van der Waals surface area contributed by atoms with Crippen LogP contribution in [0.1, 0.15) is 12.5 Å². The van der Waals surface area contributed by atoms with Crippen LogP contribution in [0.3, 0.4) is 0 Å². The van der Waals surface area contributed by atoms with Gasteiger partial charge in [0.1, 0.15) is 5.82 Å². The topological polar surface area (TPSA) is 42.7 Å². The molecule has 4 nitrogen and oxygen atoms in total. The highest BCUT2D eigenvalue weighted by Crippen LogP contribution is 2.17. The third-order valence-corrected chi connectivity index (χ3v) is 3.26. The van der Waals surface area contributed by atoms with Crippen molar-refractivity contribution in [3.05, 3.63) is 66.5 Å². The predicted octanol–water partition coefficient (Wildman–Crippen LogP) is 3.77. The summed E-state index contributed by atoms with van der Waals surface area (Å²) < 4.78 is 1.77. The highest BCUT2D eigenvalue weighted by atomic mass is 15.2. The number of nitrogens with one attached hydrogen (secondary N) is 1. The molecule has 0 aliphatic rings. The van der Waals surface area contributed by atoms with Crippen LogP contribution in [0.2, 0.25) is 0 Å². The smallest absolute Gasteiger partial charge is 0.126 e. The second-order valence-corrected chi connectivity index (χ2v) is 4.90. The molecule has 114 valence electrons. The summed E-state index contributed by atoms with van der Waals surface area (Å²) in [4.78, 5) is 4.41. The normalized spacial score (nSPS) is 9.77. The lowest BCUT2D eigenvalue weighted by Crippen LogP contribution is -1.92. The van der Waals surface area contributed by atoms with Gasteiger partial charge in [0.05, 0.1) is 11.9 Å². The highest BCUT2D eigenvalue weighted by molar-refractivity contribution is 5.59. The molecule has 1 aromatic carbocycles. The second kappa shape index (κ2) is 7.98. The highest BCUT2D eigenvalue weighted by Gasteiger charge is 2.01. The van der Waals surface area contributed by atoms with E-state index >= 15 is 0 Å². The van der Waals surface area contributed by atoms with E-state index in [-0.39, 0.29) is 0 Å². The third-order valence-electron chi connectivity index (χ3n) is 3.26. The van der Waals surface area contributed by atoms with Gasteiger partial charge in [0.25, 0.3) is 0 Å². The molecule has 3 rings (SSSR count). The molecule has 0 unspecified atom stereocenters. The third kappa shape index (κ3) is 4.45. The Morgan fingerprint density at radius 2 is 1.82 bits per heavy atom. The van der Waals surface area contributed by atoms with Crippen molar-refractivity contribution in [2.24, 2.45) is 7.05 Å². The van der Waals surface area contributed by atoms with E-state index < -0.39 is 0 Å². The van der Waals surface area contributed by atoms with Crippen LogP contribution >= 0.6 is 0 Å². The van der Waals surface area contributed by atoms with Gasteiger partial charge < -0.3 is 5.32 Å². The number of hydrogen-bond acceptors (Lipinski definition) is 3. The number of nitrogens with zero attached hydrogens (tertiary/aromatic N) is 3. The first-order valence-corrected chi connectivity index (χ1v) is 7.40. The van der Waals surface area contributed by atoms with Crippen LogP contribution in [0.25, 0.3) is 11.3 Å². The molecule has 0 amide bonds. The molecule has 0 bridgehead atoms.